The Hall–Kier alpha value is -1.27. The van der Waals surface area contributed by atoms with Gasteiger partial charge in [0, 0.05) is 6.04 Å². The molecule has 2 atom stereocenters. The standard InChI is InChI=1S/C12H17ClN2O3S/c1-4-18-11(16)7(2)8(3)14-12(17)15-9-5-6-19-10(9)13/h5-8H,4H2,1-3H3,(H2,14,15,17)/t7-,8-/m1/s1. The number of amides is 2. The van der Waals surface area contributed by atoms with Crippen LogP contribution in [0.3, 0.4) is 0 Å². The van der Waals surface area contributed by atoms with Crippen LogP contribution < -0.4 is 10.6 Å². The zero-order valence-corrected chi connectivity index (χ0v) is 12.6. The van der Waals surface area contributed by atoms with Crippen molar-refractivity contribution in [1.29, 1.82) is 0 Å². The Bertz CT molecular complexity index is 450. The molecule has 0 unspecified atom stereocenters. The number of rotatable bonds is 5. The summed E-state index contributed by atoms with van der Waals surface area (Å²) in [6.07, 6.45) is 0. The van der Waals surface area contributed by atoms with E-state index in [4.69, 9.17) is 16.3 Å². The molecule has 0 spiro atoms. The molecule has 2 N–H and O–H groups in total. The number of anilines is 1. The molecule has 106 valence electrons. The first kappa shape index (κ1) is 15.8. The highest BCUT2D eigenvalue weighted by molar-refractivity contribution is 7.15. The van der Waals surface area contributed by atoms with Crippen molar-refractivity contribution in [2.24, 2.45) is 5.92 Å². The van der Waals surface area contributed by atoms with Gasteiger partial charge in [0.1, 0.15) is 4.34 Å². The van der Waals surface area contributed by atoms with Gasteiger partial charge in [0.05, 0.1) is 18.2 Å². The van der Waals surface area contributed by atoms with Crippen molar-refractivity contribution in [2.75, 3.05) is 11.9 Å². The number of hydrogen-bond acceptors (Lipinski definition) is 4. The molecule has 0 aliphatic heterocycles. The molecule has 1 aromatic rings. The molecule has 0 saturated carbocycles. The van der Waals surface area contributed by atoms with E-state index in [-0.39, 0.29) is 12.0 Å². The summed E-state index contributed by atoms with van der Waals surface area (Å²) in [6, 6.07) is 0.979. The number of urea groups is 1. The van der Waals surface area contributed by atoms with Crippen molar-refractivity contribution in [2.45, 2.75) is 26.8 Å². The van der Waals surface area contributed by atoms with E-state index in [1.54, 1.807) is 32.2 Å². The van der Waals surface area contributed by atoms with Gasteiger partial charge in [-0.15, -0.1) is 11.3 Å². The normalized spacial score (nSPS) is 13.5. The lowest BCUT2D eigenvalue weighted by atomic mass is 10.0. The van der Waals surface area contributed by atoms with E-state index in [0.29, 0.717) is 16.6 Å². The molecule has 0 aromatic carbocycles. The predicted molar refractivity (Wildman–Crippen MR) is 76.7 cm³/mol. The summed E-state index contributed by atoms with van der Waals surface area (Å²) in [4.78, 5) is 23.3. The van der Waals surface area contributed by atoms with Gasteiger partial charge >= 0.3 is 12.0 Å². The summed E-state index contributed by atoms with van der Waals surface area (Å²) in [5.74, 6) is -0.743. The number of thiophene rings is 1. The fraction of sp³-hybridized carbons (Fsp3) is 0.500. The van der Waals surface area contributed by atoms with E-state index >= 15 is 0 Å². The molecule has 1 heterocycles. The molecular weight excluding hydrogens is 288 g/mol. The van der Waals surface area contributed by atoms with Gasteiger partial charge in [0.15, 0.2) is 0 Å². The molecule has 0 fully saturated rings. The van der Waals surface area contributed by atoms with Crippen LogP contribution in [-0.2, 0) is 9.53 Å². The maximum absolute atomic E-state index is 11.7. The third-order valence-electron chi connectivity index (χ3n) is 2.63. The monoisotopic (exact) mass is 304 g/mol. The summed E-state index contributed by atoms with van der Waals surface area (Å²) >= 11 is 7.21. The van der Waals surface area contributed by atoms with Crippen LogP contribution in [0.4, 0.5) is 10.5 Å². The largest absolute Gasteiger partial charge is 0.466 e. The first-order valence-corrected chi connectivity index (χ1v) is 7.18. The molecule has 7 heteroatoms. The second kappa shape index (κ2) is 7.35. The summed E-state index contributed by atoms with van der Waals surface area (Å²) in [7, 11) is 0. The zero-order chi connectivity index (χ0) is 14.4. The molecule has 0 aliphatic rings. The Morgan fingerprint density at radius 2 is 2.16 bits per heavy atom. The van der Waals surface area contributed by atoms with Crippen LogP contribution in [0.25, 0.3) is 0 Å². The van der Waals surface area contributed by atoms with Gasteiger partial charge in [-0.3, -0.25) is 4.79 Å². The van der Waals surface area contributed by atoms with Crippen LogP contribution in [0, 0.1) is 5.92 Å². The number of ether oxygens (including phenoxy) is 1. The molecule has 0 radical (unpaired) electrons. The number of carbonyl (C=O) groups excluding carboxylic acids is 2. The molecular formula is C12H17ClN2O3S. The third-order valence-corrected chi connectivity index (χ3v) is 3.80. The molecule has 2 amide bonds. The molecule has 1 rings (SSSR count). The lowest BCUT2D eigenvalue weighted by Gasteiger charge is -2.19. The Balaban J connectivity index is 2.48. The second-order valence-corrected chi connectivity index (χ2v) is 5.55. The smallest absolute Gasteiger partial charge is 0.319 e. The summed E-state index contributed by atoms with van der Waals surface area (Å²) in [5, 5.41) is 7.08. The van der Waals surface area contributed by atoms with Gasteiger partial charge < -0.3 is 15.4 Å². The topological polar surface area (TPSA) is 67.4 Å². The number of halogens is 1. The van der Waals surface area contributed by atoms with E-state index in [9.17, 15) is 9.59 Å². The van der Waals surface area contributed by atoms with Crippen molar-refractivity contribution < 1.29 is 14.3 Å². The van der Waals surface area contributed by atoms with E-state index in [0.717, 1.165) is 0 Å². The summed E-state index contributed by atoms with van der Waals surface area (Å²) in [6.45, 7) is 5.53. The fourth-order valence-corrected chi connectivity index (χ4v) is 2.18. The lowest BCUT2D eigenvalue weighted by molar-refractivity contribution is -0.148. The van der Waals surface area contributed by atoms with Crippen LogP contribution in [0.1, 0.15) is 20.8 Å². The maximum atomic E-state index is 11.7. The fourth-order valence-electron chi connectivity index (χ4n) is 1.35. The van der Waals surface area contributed by atoms with Crippen molar-refractivity contribution >= 4 is 40.6 Å². The van der Waals surface area contributed by atoms with Crippen LogP contribution in [0.5, 0.6) is 0 Å². The summed E-state index contributed by atoms with van der Waals surface area (Å²) in [5.41, 5.74) is 0.556. The molecule has 0 aliphatic carbocycles. The van der Waals surface area contributed by atoms with Gasteiger partial charge in [-0.25, -0.2) is 4.79 Å². The first-order chi connectivity index (χ1) is 8.95. The lowest BCUT2D eigenvalue weighted by Crippen LogP contribution is -2.42. The van der Waals surface area contributed by atoms with Crippen molar-refractivity contribution in [3.05, 3.63) is 15.8 Å². The number of nitrogens with one attached hydrogen (secondary N) is 2. The van der Waals surface area contributed by atoms with Gasteiger partial charge in [-0.1, -0.05) is 11.6 Å². The van der Waals surface area contributed by atoms with Crippen LogP contribution >= 0.6 is 22.9 Å². The molecule has 1 aromatic heterocycles. The van der Waals surface area contributed by atoms with E-state index in [1.807, 2.05) is 0 Å². The quantitative estimate of drug-likeness (QED) is 0.821. The van der Waals surface area contributed by atoms with Gasteiger partial charge in [-0.2, -0.15) is 0 Å². The summed E-state index contributed by atoms with van der Waals surface area (Å²) < 4.78 is 5.42. The van der Waals surface area contributed by atoms with Gasteiger partial charge in [-0.05, 0) is 32.2 Å². The van der Waals surface area contributed by atoms with Gasteiger partial charge in [0.2, 0.25) is 0 Å². The van der Waals surface area contributed by atoms with Crippen LogP contribution in [0.15, 0.2) is 11.4 Å². The minimum absolute atomic E-state index is 0.326. The number of carbonyl (C=O) groups is 2. The Morgan fingerprint density at radius 1 is 1.47 bits per heavy atom. The highest BCUT2D eigenvalue weighted by Crippen LogP contribution is 2.27. The average molecular weight is 305 g/mol. The minimum atomic E-state index is -0.413. The van der Waals surface area contributed by atoms with Crippen LogP contribution in [0.2, 0.25) is 4.34 Å². The highest BCUT2D eigenvalue weighted by atomic mass is 35.5. The van der Waals surface area contributed by atoms with Crippen molar-refractivity contribution in [3.63, 3.8) is 0 Å². The third kappa shape index (κ3) is 4.72. The Morgan fingerprint density at radius 3 is 2.68 bits per heavy atom. The maximum Gasteiger partial charge on any atom is 0.319 e. The average Bonchev–Trinajstić information content (AvgIpc) is 2.74. The first-order valence-electron chi connectivity index (χ1n) is 5.92. The Labute approximate surface area is 121 Å². The SMILES string of the molecule is CCOC(=O)[C@H](C)[C@@H](C)NC(=O)Nc1ccsc1Cl. The van der Waals surface area contributed by atoms with Crippen molar-refractivity contribution in [3.8, 4) is 0 Å². The number of esters is 1. The predicted octanol–water partition coefficient (Wildman–Crippen LogP) is 3.11. The Kier molecular flexibility index (Phi) is 6.11. The minimum Gasteiger partial charge on any atom is -0.466 e. The van der Waals surface area contributed by atoms with E-state index in [2.05, 4.69) is 10.6 Å². The molecule has 5 nitrogen and oxygen atoms in total. The van der Waals surface area contributed by atoms with Crippen molar-refractivity contribution in [1.82, 2.24) is 5.32 Å². The second-order valence-electron chi connectivity index (χ2n) is 4.04. The van der Waals surface area contributed by atoms with Gasteiger partial charge in [0.25, 0.3) is 0 Å². The van der Waals surface area contributed by atoms with E-state index < -0.39 is 11.9 Å². The molecule has 0 saturated heterocycles. The molecule has 0 bridgehead atoms. The number of hydrogen-bond donors (Lipinski definition) is 2. The zero-order valence-electron chi connectivity index (χ0n) is 11.0. The molecule has 19 heavy (non-hydrogen) atoms. The highest BCUT2D eigenvalue weighted by Gasteiger charge is 2.23. The van der Waals surface area contributed by atoms with E-state index in [1.165, 1.54) is 11.3 Å². The van der Waals surface area contributed by atoms with Crippen LogP contribution in [-0.4, -0.2) is 24.6 Å².